The predicted molar refractivity (Wildman–Crippen MR) is 79.0 cm³/mol. The summed E-state index contributed by atoms with van der Waals surface area (Å²) in [4.78, 5) is 11.8. The molecule has 1 aromatic carbocycles. The highest BCUT2D eigenvalue weighted by molar-refractivity contribution is 8.03. The number of phenolic OH excluding ortho intramolecular Hbond substituents is 1. The molecule has 5 heteroatoms. The molecule has 0 saturated heterocycles. The lowest BCUT2D eigenvalue weighted by Gasteiger charge is -2.25. The summed E-state index contributed by atoms with van der Waals surface area (Å²) >= 11 is 1.51. The molecule has 104 valence electrons. The molecule has 1 atom stereocenters. The molecule has 0 spiro atoms. The molecule has 1 aromatic rings. The zero-order valence-corrected chi connectivity index (χ0v) is 12.0. The van der Waals surface area contributed by atoms with Crippen LogP contribution in [0.3, 0.4) is 0 Å². The zero-order chi connectivity index (χ0) is 14.5. The molecule has 2 N–H and O–H groups in total. The molecule has 4 nitrogen and oxygen atoms in total. The number of carbonyl (C=O) groups is 1. The van der Waals surface area contributed by atoms with Crippen molar-refractivity contribution in [2.45, 2.75) is 25.7 Å². The highest BCUT2D eigenvalue weighted by Crippen LogP contribution is 2.36. The van der Waals surface area contributed by atoms with Crippen LogP contribution in [0.1, 0.15) is 31.2 Å². The standard InChI is InChI=1S/C15H16N2O2S/c1-2-7-20-15-13(9-16)12(8-14(19)17-15)10-3-5-11(18)6-4-10/h3-6,12,18H,2,7-8H2,1H3,(H,17,19)/t12-/m1/s1. The summed E-state index contributed by atoms with van der Waals surface area (Å²) in [5, 5.41) is 22.2. The van der Waals surface area contributed by atoms with E-state index in [1.165, 1.54) is 11.8 Å². The number of hydrogen-bond acceptors (Lipinski definition) is 4. The minimum atomic E-state index is -0.228. The van der Waals surface area contributed by atoms with Crippen molar-refractivity contribution in [1.82, 2.24) is 5.32 Å². The van der Waals surface area contributed by atoms with Gasteiger partial charge in [0.25, 0.3) is 0 Å². The second-order valence-electron chi connectivity index (χ2n) is 4.60. The fourth-order valence-corrected chi connectivity index (χ4v) is 3.07. The van der Waals surface area contributed by atoms with E-state index >= 15 is 0 Å². The molecule has 0 saturated carbocycles. The molecule has 0 fully saturated rings. The molecular weight excluding hydrogens is 272 g/mol. The number of carbonyl (C=O) groups excluding carboxylic acids is 1. The predicted octanol–water partition coefficient (Wildman–Crippen LogP) is 2.87. The monoisotopic (exact) mass is 288 g/mol. The number of nitrogens with one attached hydrogen (secondary N) is 1. The lowest BCUT2D eigenvalue weighted by Crippen LogP contribution is -2.30. The van der Waals surface area contributed by atoms with E-state index in [1.54, 1.807) is 24.3 Å². The number of benzene rings is 1. The Morgan fingerprint density at radius 1 is 1.45 bits per heavy atom. The molecule has 0 bridgehead atoms. The van der Waals surface area contributed by atoms with Gasteiger partial charge in [-0.15, -0.1) is 11.8 Å². The van der Waals surface area contributed by atoms with E-state index in [1.807, 2.05) is 0 Å². The zero-order valence-electron chi connectivity index (χ0n) is 11.2. The summed E-state index contributed by atoms with van der Waals surface area (Å²) < 4.78 is 0. The van der Waals surface area contributed by atoms with Gasteiger partial charge in [-0.05, 0) is 29.9 Å². The van der Waals surface area contributed by atoms with E-state index < -0.39 is 0 Å². The fraction of sp³-hybridized carbons (Fsp3) is 0.333. The Morgan fingerprint density at radius 3 is 2.75 bits per heavy atom. The molecule has 0 aliphatic carbocycles. The number of rotatable bonds is 4. The third-order valence-electron chi connectivity index (χ3n) is 3.10. The van der Waals surface area contributed by atoms with Crippen molar-refractivity contribution >= 4 is 17.7 Å². The Bertz CT molecular complexity index is 573. The van der Waals surface area contributed by atoms with Crippen LogP contribution in [0.15, 0.2) is 34.9 Å². The van der Waals surface area contributed by atoms with Crippen molar-refractivity contribution in [3.63, 3.8) is 0 Å². The van der Waals surface area contributed by atoms with Crippen LogP contribution in [0.5, 0.6) is 5.75 Å². The number of thioether (sulfide) groups is 1. The molecule has 1 amide bonds. The van der Waals surface area contributed by atoms with Crippen LogP contribution in [0.4, 0.5) is 0 Å². The van der Waals surface area contributed by atoms with E-state index in [-0.39, 0.29) is 24.0 Å². The number of amides is 1. The molecule has 1 heterocycles. The Labute approximate surface area is 122 Å². The lowest BCUT2D eigenvalue weighted by atomic mass is 9.87. The maximum atomic E-state index is 11.8. The highest BCUT2D eigenvalue weighted by atomic mass is 32.2. The molecule has 1 aliphatic heterocycles. The van der Waals surface area contributed by atoms with Crippen molar-refractivity contribution in [1.29, 1.82) is 5.26 Å². The molecule has 20 heavy (non-hydrogen) atoms. The van der Waals surface area contributed by atoms with Crippen LogP contribution >= 0.6 is 11.8 Å². The largest absolute Gasteiger partial charge is 0.508 e. The Kier molecular flexibility index (Phi) is 4.70. The number of aromatic hydroxyl groups is 1. The Hall–Kier alpha value is -1.93. The quantitative estimate of drug-likeness (QED) is 0.893. The first-order valence-electron chi connectivity index (χ1n) is 6.51. The van der Waals surface area contributed by atoms with Gasteiger partial charge in [0.1, 0.15) is 5.75 Å². The smallest absolute Gasteiger partial charge is 0.225 e. The Morgan fingerprint density at radius 2 is 2.15 bits per heavy atom. The van der Waals surface area contributed by atoms with Gasteiger partial charge < -0.3 is 10.4 Å². The van der Waals surface area contributed by atoms with Gasteiger partial charge in [-0.3, -0.25) is 4.79 Å². The van der Waals surface area contributed by atoms with Crippen molar-refractivity contribution in [3.05, 3.63) is 40.4 Å². The minimum absolute atomic E-state index is 0.0688. The van der Waals surface area contributed by atoms with Crippen LogP contribution in [0, 0.1) is 11.3 Å². The average Bonchev–Trinajstić information content (AvgIpc) is 2.45. The number of allylic oxidation sites excluding steroid dienone is 1. The fourth-order valence-electron chi connectivity index (χ4n) is 2.13. The average molecular weight is 288 g/mol. The first-order valence-corrected chi connectivity index (χ1v) is 7.50. The first kappa shape index (κ1) is 14.5. The molecule has 2 rings (SSSR count). The van der Waals surface area contributed by atoms with Crippen LogP contribution in [-0.2, 0) is 4.79 Å². The number of nitriles is 1. The number of phenols is 1. The van der Waals surface area contributed by atoms with Crippen LogP contribution in [0.2, 0.25) is 0 Å². The summed E-state index contributed by atoms with van der Waals surface area (Å²) in [5.41, 5.74) is 1.48. The van der Waals surface area contributed by atoms with Crippen LogP contribution in [-0.4, -0.2) is 16.8 Å². The van der Waals surface area contributed by atoms with Gasteiger partial charge in [0.05, 0.1) is 16.7 Å². The summed E-state index contributed by atoms with van der Waals surface area (Å²) in [5.74, 6) is 0.745. The number of hydrogen-bond donors (Lipinski definition) is 2. The second kappa shape index (κ2) is 6.49. The minimum Gasteiger partial charge on any atom is -0.508 e. The van der Waals surface area contributed by atoms with Crippen LogP contribution < -0.4 is 5.32 Å². The molecule has 1 aliphatic rings. The summed E-state index contributed by atoms with van der Waals surface area (Å²) in [6.07, 6.45) is 1.25. The second-order valence-corrected chi connectivity index (χ2v) is 5.70. The SMILES string of the molecule is CCCSC1=C(C#N)[C@@H](c2ccc(O)cc2)CC(=O)N1. The van der Waals surface area contributed by atoms with Gasteiger partial charge in [-0.25, -0.2) is 0 Å². The van der Waals surface area contributed by atoms with E-state index in [9.17, 15) is 15.2 Å². The number of nitrogens with zero attached hydrogens (tertiary/aromatic N) is 1. The van der Waals surface area contributed by atoms with Gasteiger partial charge in [0.2, 0.25) is 5.91 Å². The van der Waals surface area contributed by atoms with Crippen molar-refractivity contribution in [3.8, 4) is 11.8 Å². The maximum Gasteiger partial charge on any atom is 0.225 e. The third kappa shape index (κ3) is 3.14. The molecular formula is C15H16N2O2S. The van der Waals surface area contributed by atoms with Crippen LogP contribution in [0.25, 0.3) is 0 Å². The van der Waals surface area contributed by atoms with Crippen molar-refractivity contribution in [2.75, 3.05) is 5.75 Å². The van der Waals surface area contributed by atoms with Crippen molar-refractivity contribution < 1.29 is 9.90 Å². The third-order valence-corrected chi connectivity index (χ3v) is 4.33. The van der Waals surface area contributed by atoms with Gasteiger partial charge in [-0.1, -0.05) is 19.1 Å². The van der Waals surface area contributed by atoms with Gasteiger partial charge in [-0.2, -0.15) is 5.26 Å². The molecule has 0 aromatic heterocycles. The van der Waals surface area contributed by atoms with E-state index in [0.717, 1.165) is 17.7 Å². The van der Waals surface area contributed by atoms with E-state index in [4.69, 9.17) is 0 Å². The van der Waals surface area contributed by atoms with E-state index in [2.05, 4.69) is 18.3 Å². The molecule has 0 unspecified atom stereocenters. The van der Waals surface area contributed by atoms with Gasteiger partial charge >= 0.3 is 0 Å². The van der Waals surface area contributed by atoms with E-state index in [0.29, 0.717) is 10.6 Å². The highest BCUT2D eigenvalue weighted by Gasteiger charge is 2.29. The maximum absolute atomic E-state index is 11.8. The first-order chi connectivity index (χ1) is 9.65. The van der Waals surface area contributed by atoms with Gasteiger partial charge in [0, 0.05) is 12.3 Å². The van der Waals surface area contributed by atoms with Gasteiger partial charge in [0.15, 0.2) is 0 Å². The summed E-state index contributed by atoms with van der Waals surface area (Å²) in [6.45, 7) is 2.06. The van der Waals surface area contributed by atoms with Crippen molar-refractivity contribution in [2.24, 2.45) is 0 Å². The topological polar surface area (TPSA) is 73.1 Å². The summed E-state index contributed by atoms with van der Waals surface area (Å²) in [7, 11) is 0. The Balaban J connectivity index is 2.37. The molecule has 0 radical (unpaired) electrons. The lowest BCUT2D eigenvalue weighted by molar-refractivity contribution is -0.120. The normalized spacial score (nSPS) is 18.6. The summed E-state index contributed by atoms with van der Waals surface area (Å²) in [6, 6.07) is 8.91.